The maximum atomic E-state index is 5.99. The van der Waals surface area contributed by atoms with Crippen molar-refractivity contribution >= 4 is 39.4 Å². The van der Waals surface area contributed by atoms with Crippen LogP contribution in [0.5, 0.6) is 0 Å². The van der Waals surface area contributed by atoms with Gasteiger partial charge in [0, 0.05) is 4.47 Å². The van der Waals surface area contributed by atoms with E-state index in [1.54, 1.807) is 6.21 Å². The number of hydrazone groups is 1. The molecule has 17 heavy (non-hydrogen) atoms. The van der Waals surface area contributed by atoms with E-state index in [0.29, 0.717) is 5.02 Å². The molecule has 0 saturated carbocycles. The smallest absolute Gasteiger partial charge is 0.0748 e. The SMILES string of the molecule is Clc1ccccc1N/N=C/c1cccc(Br)c1. The van der Waals surface area contributed by atoms with Gasteiger partial charge in [0.25, 0.3) is 0 Å². The number of nitrogens with one attached hydrogen (secondary N) is 1. The molecule has 0 aliphatic carbocycles. The molecule has 1 N–H and O–H groups in total. The normalized spacial score (nSPS) is 10.7. The second kappa shape index (κ2) is 5.84. The summed E-state index contributed by atoms with van der Waals surface area (Å²) in [7, 11) is 0. The molecule has 2 nitrogen and oxygen atoms in total. The van der Waals surface area contributed by atoms with Crippen molar-refractivity contribution in [3.05, 3.63) is 63.6 Å². The lowest BCUT2D eigenvalue weighted by Crippen LogP contribution is -1.91. The van der Waals surface area contributed by atoms with E-state index in [4.69, 9.17) is 11.6 Å². The fourth-order valence-electron chi connectivity index (χ4n) is 1.32. The zero-order valence-corrected chi connectivity index (χ0v) is 11.2. The monoisotopic (exact) mass is 308 g/mol. The highest BCUT2D eigenvalue weighted by molar-refractivity contribution is 9.10. The number of hydrogen-bond acceptors (Lipinski definition) is 2. The van der Waals surface area contributed by atoms with Crippen molar-refractivity contribution in [3.8, 4) is 0 Å². The summed E-state index contributed by atoms with van der Waals surface area (Å²) >= 11 is 9.39. The molecule has 0 spiro atoms. The number of nitrogens with zero attached hydrogens (tertiary/aromatic N) is 1. The molecule has 0 amide bonds. The van der Waals surface area contributed by atoms with Gasteiger partial charge in [-0.3, -0.25) is 5.43 Å². The maximum Gasteiger partial charge on any atom is 0.0748 e. The summed E-state index contributed by atoms with van der Waals surface area (Å²) < 4.78 is 1.03. The van der Waals surface area contributed by atoms with Crippen molar-refractivity contribution in [1.29, 1.82) is 0 Å². The molecule has 0 heterocycles. The van der Waals surface area contributed by atoms with Gasteiger partial charge in [-0.1, -0.05) is 51.8 Å². The first-order chi connectivity index (χ1) is 8.25. The molecule has 0 aliphatic rings. The van der Waals surface area contributed by atoms with Crippen LogP contribution in [0, 0.1) is 0 Å². The first-order valence-corrected chi connectivity index (χ1v) is 6.22. The van der Waals surface area contributed by atoms with Gasteiger partial charge in [-0.05, 0) is 29.8 Å². The van der Waals surface area contributed by atoms with Gasteiger partial charge in [0.2, 0.25) is 0 Å². The summed E-state index contributed by atoms with van der Waals surface area (Å²) in [5.74, 6) is 0. The molecular weight excluding hydrogens is 300 g/mol. The summed E-state index contributed by atoms with van der Waals surface area (Å²) in [4.78, 5) is 0. The Hall–Kier alpha value is -1.32. The van der Waals surface area contributed by atoms with Crippen LogP contribution in [0.15, 0.2) is 58.1 Å². The quantitative estimate of drug-likeness (QED) is 0.653. The van der Waals surface area contributed by atoms with Gasteiger partial charge in [0.15, 0.2) is 0 Å². The minimum Gasteiger partial charge on any atom is -0.277 e. The highest BCUT2D eigenvalue weighted by Crippen LogP contribution is 2.20. The van der Waals surface area contributed by atoms with Crippen LogP contribution in [0.3, 0.4) is 0 Å². The lowest BCUT2D eigenvalue weighted by atomic mass is 10.2. The van der Waals surface area contributed by atoms with E-state index in [2.05, 4.69) is 26.5 Å². The van der Waals surface area contributed by atoms with Crippen LogP contribution < -0.4 is 5.43 Å². The third-order valence-electron chi connectivity index (χ3n) is 2.12. The zero-order chi connectivity index (χ0) is 12.1. The fraction of sp³-hybridized carbons (Fsp3) is 0. The minimum atomic E-state index is 0.652. The topological polar surface area (TPSA) is 24.4 Å². The zero-order valence-electron chi connectivity index (χ0n) is 8.90. The van der Waals surface area contributed by atoms with Gasteiger partial charge in [-0.2, -0.15) is 5.10 Å². The summed E-state index contributed by atoms with van der Waals surface area (Å²) in [6.07, 6.45) is 1.74. The van der Waals surface area contributed by atoms with E-state index in [0.717, 1.165) is 15.7 Å². The Balaban J connectivity index is 2.06. The van der Waals surface area contributed by atoms with E-state index in [9.17, 15) is 0 Å². The number of para-hydroxylation sites is 1. The summed E-state index contributed by atoms with van der Waals surface area (Å²) in [6.45, 7) is 0. The molecule has 0 aliphatic heterocycles. The average Bonchev–Trinajstić information content (AvgIpc) is 2.32. The number of rotatable bonds is 3. The molecule has 2 rings (SSSR count). The third kappa shape index (κ3) is 3.58. The van der Waals surface area contributed by atoms with E-state index in [1.807, 2.05) is 48.5 Å². The van der Waals surface area contributed by atoms with Crippen LogP contribution in [0.1, 0.15) is 5.56 Å². The van der Waals surface area contributed by atoms with Gasteiger partial charge in [-0.15, -0.1) is 0 Å². The third-order valence-corrected chi connectivity index (χ3v) is 2.94. The predicted molar refractivity (Wildman–Crippen MR) is 76.8 cm³/mol. The Bertz CT molecular complexity index is 540. The maximum absolute atomic E-state index is 5.99. The summed E-state index contributed by atoms with van der Waals surface area (Å²) in [6, 6.07) is 15.4. The van der Waals surface area contributed by atoms with E-state index < -0.39 is 0 Å². The molecule has 4 heteroatoms. The van der Waals surface area contributed by atoms with Crippen LogP contribution in [-0.4, -0.2) is 6.21 Å². The van der Waals surface area contributed by atoms with Crippen molar-refractivity contribution in [2.45, 2.75) is 0 Å². The average molecular weight is 310 g/mol. The van der Waals surface area contributed by atoms with Crippen LogP contribution in [-0.2, 0) is 0 Å². The first kappa shape index (κ1) is 12.1. The molecule has 0 radical (unpaired) electrons. The fourth-order valence-corrected chi connectivity index (χ4v) is 1.91. The number of benzene rings is 2. The van der Waals surface area contributed by atoms with Crippen molar-refractivity contribution in [2.75, 3.05) is 5.43 Å². The van der Waals surface area contributed by atoms with Crippen molar-refractivity contribution in [2.24, 2.45) is 5.10 Å². The lowest BCUT2D eigenvalue weighted by molar-refractivity contribution is 1.35. The molecule has 0 aromatic heterocycles. The van der Waals surface area contributed by atoms with Crippen molar-refractivity contribution in [3.63, 3.8) is 0 Å². The molecular formula is C13H10BrClN2. The number of anilines is 1. The minimum absolute atomic E-state index is 0.652. The van der Waals surface area contributed by atoms with Gasteiger partial charge >= 0.3 is 0 Å². The van der Waals surface area contributed by atoms with Crippen molar-refractivity contribution < 1.29 is 0 Å². The Morgan fingerprint density at radius 3 is 2.71 bits per heavy atom. The Labute approximate surface area is 113 Å². The van der Waals surface area contributed by atoms with E-state index >= 15 is 0 Å². The molecule has 86 valence electrons. The molecule has 0 atom stereocenters. The molecule has 2 aromatic rings. The number of halogens is 2. The Kier molecular flexibility index (Phi) is 4.18. The second-order valence-electron chi connectivity index (χ2n) is 3.40. The Morgan fingerprint density at radius 1 is 1.12 bits per heavy atom. The van der Waals surface area contributed by atoms with Gasteiger partial charge in [-0.25, -0.2) is 0 Å². The predicted octanol–water partition coefficient (Wildman–Crippen LogP) is 4.55. The van der Waals surface area contributed by atoms with Gasteiger partial charge in [0.1, 0.15) is 0 Å². The lowest BCUT2D eigenvalue weighted by Gasteiger charge is -2.01. The van der Waals surface area contributed by atoms with Gasteiger partial charge < -0.3 is 0 Å². The molecule has 0 saturated heterocycles. The number of hydrogen-bond donors (Lipinski definition) is 1. The summed E-state index contributed by atoms with van der Waals surface area (Å²) in [5, 5.41) is 4.79. The van der Waals surface area contributed by atoms with Crippen LogP contribution in [0.2, 0.25) is 5.02 Å². The van der Waals surface area contributed by atoms with Gasteiger partial charge in [0.05, 0.1) is 16.9 Å². The standard InChI is InChI=1S/C13H10BrClN2/c14-11-5-3-4-10(8-11)9-16-17-13-7-2-1-6-12(13)15/h1-9,17H/b16-9+. The molecule has 0 bridgehead atoms. The van der Waals surface area contributed by atoms with E-state index in [1.165, 1.54) is 0 Å². The molecule has 0 unspecified atom stereocenters. The van der Waals surface area contributed by atoms with Crippen molar-refractivity contribution in [1.82, 2.24) is 0 Å². The van der Waals surface area contributed by atoms with Crippen LogP contribution in [0.25, 0.3) is 0 Å². The van der Waals surface area contributed by atoms with Crippen LogP contribution in [0.4, 0.5) is 5.69 Å². The second-order valence-corrected chi connectivity index (χ2v) is 4.73. The van der Waals surface area contributed by atoms with E-state index in [-0.39, 0.29) is 0 Å². The highest BCUT2D eigenvalue weighted by atomic mass is 79.9. The Morgan fingerprint density at radius 2 is 1.94 bits per heavy atom. The molecule has 2 aromatic carbocycles. The van der Waals surface area contributed by atoms with Crippen LogP contribution >= 0.6 is 27.5 Å². The molecule has 0 fully saturated rings. The largest absolute Gasteiger partial charge is 0.277 e. The highest BCUT2D eigenvalue weighted by Gasteiger charge is 1.95. The summed E-state index contributed by atoms with van der Waals surface area (Å²) in [5.41, 5.74) is 4.71. The first-order valence-electron chi connectivity index (χ1n) is 5.05.